The van der Waals surface area contributed by atoms with Crippen molar-refractivity contribution in [2.75, 3.05) is 56.7 Å². The number of anilines is 1. The molecule has 2 saturated heterocycles. The molecule has 3 aliphatic rings. The standard InChI is InChI=1S/C36H53FN6O7S/c1-9-51(46,47)39-36(8)23-49-33-31(15-28(16-38-33)14-27-10-12-29(37)13-11-27)43(36)32(44)20-40-17-24(2)42(34(45)50-35(5,6)7)19-30(40)18-41-25(3)21-48-22-26(41)4/h10-13,15-16,24-26,30,39H,9,14,17-23H2,1-8H3/t24-,25-,26-,30+,36-/m1/s1. The minimum Gasteiger partial charge on any atom is -0.472 e. The molecule has 282 valence electrons. The average Bonchev–Trinajstić information content (AvgIpc) is 3.03. The second-order valence-corrected chi connectivity index (χ2v) is 17.3. The number of fused-ring (bicyclic) bond motifs is 1. The van der Waals surface area contributed by atoms with E-state index in [1.165, 1.54) is 24.0 Å². The molecule has 2 amide bonds. The number of nitrogens with one attached hydrogen (secondary N) is 1. The number of benzene rings is 1. The molecule has 0 unspecified atom stereocenters. The van der Waals surface area contributed by atoms with Crippen LogP contribution in [0.4, 0.5) is 14.9 Å². The monoisotopic (exact) mass is 732 g/mol. The van der Waals surface area contributed by atoms with Crippen LogP contribution in [0.5, 0.6) is 5.88 Å². The number of pyridine rings is 1. The van der Waals surface area contributed by atoms with Crippen molar-refractivity contribution in [2.24, 2.45) is 0 Å². The van der Waals surface area contributed by atoms with Crippen molar-refractivity contribution in [3.05, 3.63) is 53.5 Å². The zero-order valence-corrected chi connectivity index (χ0v) is 31.8. The van der Waals surface area contributed by atoms with Crippen molar-refractivity contribution >= 4 is 27.7 Å². The number of morpholine rings is 1. The molecule has 15 heteroatoms. The summed E-state index contributed by atoms with van der Waals surface area (Å²) < 4.78 is 59.9. The Hall–Kier alpha value is -3.37. The van der Waals surface area contributed by atoms with Crippen LogP contribution in [-0.4, -0.2) is 127 Å². The van der Waals surface area contributed by atoms with Gasteiger partial charge in [0.05, 0.1) is 25.5 Å². The molecule has 3 aliphatic heterocycles. The van der Waals surface area contributed by atoms with E-state index in [9.17, 15) is 22.4 Å². The first-order valence-electron chi connectivity index (χ1n) is 17.7. The third-order valence-corrected chi connectivity index (χ3v) is 11.1. The highest BCUT2D eigenvalue weighted by Crippen LogP contribution is 2.38. The van der Waals surface area contributed by atoms with Gasteiger partial charge in [0.25, 0.3) is 0 Å². The number of sulfonamides is 1. The Kier molecular flexibility index (Phi) is 11.7. The van der Waals surface area contributed by atoms with Crippen molar-refractivity contribution in [1.82, 2.24) is 24.4 Å². The number of carbonyl (C=O) groups is 2. The van der Waals surface area contributed by atoms with E-state index in [1.807, 2.05) is 27.7 Å². The molecule has 13 nitrogen and oxygen atoms in total. The van der Waals surface area contributed by atoms with Crippen molar-refractivity contribution in [1.29, 1.82) is 0 Å². The number of nitrogens with zero attached hydrogens (tertiary/aromatic N) is 5. The van der Waals surface area contributed by atoms with Crippen molar-refractivity contribution in [3.8, 4) is 5.88 Å². The fraction of sp³-hybridized carbons (Fsp3) is 0.639. The van der Waals surface area contributed by atoms with E-state index < -0.39 is 27.4 Å². The summed E-state index contributed by atoms with van der Waals surface area (Å²) in [5.41, 5.74) is -0.233. The van der Waals surface area contributed by atoms with Gasteiger partial charge in [0.15, 0.2) is 0 Å². The minimum atomic E-state index is -3.80. The normalized spacial score (nSPS) is 26.4. The summed E-state index contributed by atoms with van der Waals surface area (Å²) in [4.78, 5) is 40.3. The van der Waals surface area contributed by atoms with Gasteiger partial charge in [0.2, 0.25) is 21.8 Å². The van der Waals surface area contributed by atoms with Gasteiger partial charge in [-0.1, -0.05) is 12.1 Å². The zero-order valence-electron chi connectivity index (χ0n) is 31.0. The van der Waals surface area contributed by atoms with Gasteiger partial charge in [-0.05, 0) is 91.1 Å². The lowest BCUT2D eigenvalue weighted by Gasteiger charge is -2.50. The Labute approximate surface area is 301 Å². The van der Waals surface area contributed by atoms with Gasteiger partial charge in [-0.15, -0.1) is 0 Å². The quantitative estimate of drug-likeness (QED) is 0.408. The van der Waals surface area contributed by atoms with Gasteiger partial charge in [0.1, 0.15) is 29.4 Å². The van der Waals surface area contributed by atoms with Gasteiger partial charge in [0, 0.05) is 50.0 Å². The number of ether oxygens (including phenoxy) is 3. The molecule has 2 fully saturated rings. The summed E-state index contributed by atoms with van der Waals surface area (Å²) in [5.74, 6) is -0.686. The molecule has 51 heavy (non-hydrogen) atoms. The van der Waals surface area contributed by atoms with Crippen LogP contribution in [0.3, 0.4) is 0 Å². The van der Waals surface area contributed by atoms with E-state index in [0.717, 1.165) is 11.1 Å². The first-order chi connectivity index (χ1) is 23.9. The SMILES string of the molecule is CCS(=O)(=O)N[C@@]1(C)COc2ncc(Cc3ccc(F)cc3)cc2N1C(=O)CN1C[C@@H](C)N(C(=O)OC(C)(C)C)C[C@@H]1CN1[C@H](C)COC[C@H]1C. The van der Waals surface area contributed by atoms with Crippen LogP contribution in [0.15, 0.2) is 36.5 Å². The lowest BCUT2D eigenvalue weighted by Crippen LogP contribution is -2.69. The second kappa shape index (κ2) is 15.3. The molecular formula is C36H53FN6O7S. The molecule has 0 aliphatic carbocycles. The molecule has 1 aromatic heterocycles. The Balaban J connectivity index is 1.49. The first kappa shape index (κ1) is 38.9. The molecule has 5 atom stereocenters. The summed E-state index contributed by atoms with van der Waals surface area (Å²) in [6, 6.07) is 7.65. The van der Waals surface area contributed by atoms with Gasteiger partial charge < -0.3 is 19.1 Å². The van der Waals surface area contributed by atoms with Crippen LogP contribution in [0.2, 0.25) is 0 Å². The van der Waals surface area contributed by atoms with E-state index in [-0.39, 0.29) is 60.7 Å². The van der Waals surface area contributed by atoms with Crippen molar-refractivity contribution in [3.63, 3.8) is 0 Å². The Morgan fingerprint density at radius 1 is 1.06 bits per heavy atom. The van der Waals surface area contributed by atoms with Gasteiger partial charge in [-0.2, -0.15) is 4.72 Å². The van der Waals surface area contributed by atoms with E-state index in [0.29, 0.717) is 45.0 Å². The molecule has 1 aromatic carbocycles. The molecule has 4 heterocycles. The van der Waals surface area contributed by atoms with Gasteiger partial charge in [-0.25, -0.2) is 22.6 Å². The van der Waals surface area contributed by atoms with Crippen LogP contribution in [0.1, 0.15) is 66.5 Å². The summed E-state index contributed by atoms with van der Waals surface area (Å²) in [6.45, 7) is 17.1. The number of carbonyl (C=O) groups excluding carboxylic acids is 2. The van der Waals surface area contributed by atoms with Crippen LogP contribution >= 0.6 is 0 Å². The lowest BCUT2D eigenvalue weighted by atomic mass is 10.0. The molecule has 0 bridgehead atoms. The van der Waals surface area contributed by atoms with E-state index >= 15 is 0 Å². The summed E-state index contributed by atoms with van der Waals surface area (Å²) in [7, 11) is -3.80. The molecular weight excluding hydrogens is 679 g/mol. The number of hydrogen-bond acceptors (Lipinski definition) is 10. The van der Waals surface area contributed by atoms with Gasteiger partial charge in [-0.3, -0.25) is 19.5 Å². The van der Waals surface area contributed by atoms with E-state index in [1.54, 1.807) is 36.2 Å². The molecule has 1 N–H and O–H groups in total. The highest BCUT2D eigenvalue weighted by molar-refractivity contribution is 7.89. The van der Waals surface area contributed by atoms with Crippen molar-refractivity contribution in [2.45, 2.75) is 97.2 Å². The minimum absolute atomic E-state index is 0.0602. The maximum Gasteiger partial charge on any atom is 0.410 e. The number of halogens is 1. The topological polar surface area (TPSA) is 134 Å². The lowest BCUT2D eigenvalue weighted by molar-refractivity contribution is -0.124. The first-order valence-corrected chi connectivity index (χ1v) is 19.3. The Morgan fingerprint density at radius 2 is 1.73 bits per heavy atom. The number of aromatic nitrogens is 1. The van der Waals surface area contributed by atoms with E-state index in [4.69, 9.17) is 14.2 Å². The maximum atomic E-state index is 14.8. The average molecular weight is 733 g/mol. The highest BCUT2D eigenvalue weighted by Gasteiger charge is 2.47. The maximum absolute atomic E-state index is 14.8. The number of rotatable bonds is 9. The predicted octanol–water partition coefficient (Wildman–Crippen LogP) is 3.61. The fourth-order valence-electron chi connectivity index (χ4n) is 7.05. The van der Waals surface area contributed by atoms with Crippen LogP contribution in [-0.2, 0) is 30.7 Å². The summed E-state index contributed by atoms with van der Waals surface area (Å²) in [5, 5.41) is 0. The fourth-order valence-corrected chi connectivity index (χ4v) is 8.02. The predicted molar refractivity (Wildman–Crippen MR) is 192 cm³/mol. The van der Waals surface area contributed by atoms with Crippen molar-refractivity contribution < 1.29 is 36.6 Å². The molecule has 2 aromatic rings. The second-order valence-electron chi connectivity index (χ2n) is 15.3. The number of amides is 2. The summed E-state index contributed by atoms with van der Waals surface area (Å²) >= 11 is 0. The third-order valence-electron chi connectivity index (χ3n) is 9.63. The molecule has 0 spiro atoms. The third kappa shape index (κ3) is 9.36. The van der Waals surface area contributed by atoms with Crippen LogP contribution < -0.4 is 14.4 Å². The van der Waals surface area contributed by atoms with Crippen LogP contribution in [0, 0.1) is 5.82 Å². The van der Waals surface area contributed by atoms with Crippen LogP contribution in [0.25, 0.3) is 0 Å². The largest absolute Gasteiger partial charge is 0.472 e. The molecule has 5 rings (SSSR count). The number of hydrogen-bond donors (Lipinski definition) is 1. The zero-order chi connectivity index (χ0) is 37.3. The molecule has 0 radical (unpaired) electrons. The molecule has 0 saturated carbocycles. The number of piperazine rings is 1. The van der Waals surface area contributed by atoms with Gasteiger partial charge >= 0.3 is 6.09 Å². The smallest absolute Gasteiger partial charge is 0.410 e. The summed E-state index contributed by atoms with van der Waals surface area (Å²) in [6.07, 6.45) is 1.64. The highest BCUT2D eigenvalue weighted by atomic mass is 32.2. The Morgan fingerprint density at radius 3 is 2.35 bits per heavy atom. The Bertz CT molecular complexity index is 1660. The van der Waals surface area contributed by atoms with E-state index in [2.05, 4.69) is 33.4 Å².